The van der Waals surface area contributed by atoms with Crippen molar-refractivity contribution in [1.82, 2.24) is 30.2 Å². The minimum absolute atomic E-state index is 0.155. The number of methoxy groups -OCH3 is 2. The zero-order valence-electron chi connectivity index (χ0n) is 43.3. The highest BCUT2D eigenvalue weighted by molar-refractivity contribution is 6.00. The molecule has 5 heterocycles. The second-order valence-electron chi connectivity index (χ2n) is 20.4. The van der Waals surface area contributed by atoms with E-state index in [2.05, 4.69) is 25.8 Å². The molecule has 71 heavy (non-hydrogen) atoms. The van der Waals surface area contributed by atoms with Crippen LogP contribution < -0.4 is 5.32 Å². The van der Waals surface area contributed by atoms with Crippen LogP contribution in [0.1, 0.15) is 104 Å². The Bertz CT molecular complexity index is 2200. The number of aromatic nitrogens is 4. The summed E-state index contributed by atoms with van der Waals surface area (Å²) < 4.78 is 47.5. The number of ketones is 1. The number of esters is 1. The average molecular weight is 996 g/mol. The second kappa shape index (κ2) is 24.6. The smallest absolute Gasteiger partial charge is 0.316 e. The quantitative estimate of drug-likeness (QED) is 0.0838. The van der Waals surface area contributed by atoms with Crippen molar-refractivity contribution in [2.24, 2.45) is 28.8 Å². The molecule has 3 aromatic rings. The summed E-state index contributed by atoms with van der Waals surface area (Å²) in [4.78, 5) is 40.5. The summed E-state index contributed by atoms with van der Waals surface area (Å²) in [6, 6.07) is 10.3. The predicted octanol–water partition coefficient (Wildman–Crippen LogP) is 5.05. The fourth-order valence-corrected chi connectivity index (χ4v) is 10.6. The number of hydrogen-bond donors (Lipinski definition) is 4. The van der Waals surface area contributed by atoms with E-state index in [-0.39, 0.29) is 25.0 Å². The summed E-state index contributed by atoms with van der Waals surface area (Å²) in [6.45, 7) is 14.6. The predicted molar refractivity (Wildman–Crippen MR) is 263 cm³/mol. The Morgan fingerprint density at radius 1 is 1.06 bits per heavy atom. The molecule has 1 aromatic carbocycles. The van der Waals surface area contributed by atoms with Crippen molar-refractivity contribution in [3.8, 4) is 11.1 Å². The lowest BCUT2D eigenvalue weighted by atomic mass is 9.74. The Kier molecular flexibility index (Phi) is 19.4. The summed E-state index contributed by atoms with van der Waals surface area (Å²) in [5.74, 6) is -4.94. The maximum absolute atomic E-state index is 14.8. The van der Waals surface area contributed by atoms with Gasteiger partial charge in [0, 0.05) is 82.5 Å². The molecular weight excluding hydrogens is 918 g/mol. The molecule has 18 nitrogen and oxygen atoms in total. The number of pyridine rings is 1. The largest absolute Gasteiger partial charge is 0.459 e. The molecule has 0 bridgehead atoms. The van der Waals surface area contributed by atoms with Gasteiger partial charge < -0.3 is 54.1 Å². The number of nitrogens with zero attached hydrogens (tertiary/aromatic N) is 6. The van der Waals surface area contributed by atoms with E-state index in [0.717, 1.165) is 29.7 Å². The van der Waals surface area contributed by atoms with Gasteiger partial charge in [-0.25, -0.2) is 9.07 Å². The molecular formula is C52H78FN7O11. The van der Waals surface area contributed by atoms with Crippen LogP contribution in [0.5, 0.6) is 0 Å². The number of nitrogens with one attached hydrogen (secondary N) is 1. The highest BCUT2D eigenvalue weighted by Gasteiger charge is 2.52. The van der Waals surface area contributed by atoms with E-state index in [1.54, 1.807) is 53.4 Å². The van der Waals surface area contributed by atoms with Gasteiger partial charge in [0.2, 0.25) is 0 Å². The Labute approximate surface area is 417 Å². The minimum Gasteiger partial charge on any atom is -0.459 e. The monoisotopic (exact) mass is 996 g/mol. The fraction of sp³-hybridized carbons (Fsp3) is 0.692. The number of halogens is 1. The highest BCUT2D eigenvalue weighted by atomic mass is 19.1. The zero-order chi connectivity index (χ0) is 51.8. The number of aliphatic hydroxyl groups excluding tert-OH is 2. The van der Waals surface area contributed by atoms with Crippen molar-refractivity contribution in [3.05, 3.63) is 66.2 Å². The Morgan fingerprint density at radius 2 is 1.79 bits per heavy atom. The molecule has 0 saturated carbocycles. The molecule has 16 atom stereocenters. The molecule has 19 heteroatoms. The maximum atomic E-state index is 14.8. The number of ether oxygens (including phenoxy) is 5. The van der Waals surface area contributed by atoms with Crippen LogP contribution in [-0.4, -0.2) is 165 Å². The zero-order valence-corrected chi connectivity index (χ0v) is 43.3. The first-order valence-corrected chi connectivity index (χ1v) is 25.1. The molecule has 0 amide bonds. The molecule has 0 aliphatic carbocycles. The molecule has 3 aliphatic rings. The first-order valence-electron chi connectivity index (χ1n) is 25.1. The van der Waals surface area contributed by atoms with Gasteiger partial charge in [0.05, 0.1) is 35.3 Å². The summed E-state index contributed by atoms with van der Waals surface area (Å²) in [6.07, 6.45) is -0.244. The number of carbonyl (C=O) groups excluding carboxylic acids is 2. The first kappa shape index (κ1) is 56.0. The van der Waals surface area contributed by atoms with Crippen LogP contribution >= 0.6 is 0 Å². The average Bonchev–Trinajstić information content (AvgIpc) is 4.08. The van der Waals surface area contributed by atoms with Crippen LogP contribution in [-0.2, 0) is 44.5 Å². The van der Waals surface area contributed by atoms with Crippen molar-refractivity contribution in [3.63, 3.8) is 0 Å². The number of Topliss-reactive ketones (excluding diaryl/α,β-unsaturated/α-hetero) is 1. The van der Waals surface area contributed by atoms with Crippen molar-refractivity contribution >= 4 is 17.5 Å². The van der Waals surface area contributed by atoms with E-state index in [1.165, 1.54) is 25.6 Å². The number of carbonyl (C=O) groups is 2. The maximum Gasteiger partial charge on any atom is 0.316 e. The van der Waals surface area contributed by atoms with Crippen LogP contribution in [0.4, 0.5) is 4.39 Å². The van der Waals surface area contributed by atoms with Gasteiger partial charge in [0.1, 0.15) is 48.7 Å². The standard InChI is InChI=1S/C52H78FN7O11/c1-12-42-52(8,65)47(63)32(4)43(57-71-39-19-22-55-28-39)30(2)25-51(7,67-11)48(33(5)44(61)34(6)49(64)69-42)70-50-45(62)40(24-31(3)68-50)59(9)23-20-38-29-60(58-56-38)41(26-53)46(66-10)36-17-15-35(16-18-36)37-14-13-21-54-27-37/h13-18,21,27,29-34,39-42,45-48,50,55,62-63,65H,12,19-20,22-26,28H2,1-11H3/b57-43+/t30-,31-,32+,33+,34-,39-,40+,41-,42-,45-,46-,47-,48-,50+,51-,52-/m1/s1. The van der Waals surface area contributed by atoms with Crippen molar-refractivity contribution in [2.75, 3.05) is 47.6 Å². The third kappa shape index (κ3) is 12.9. The van der Waals surface area contributed by atoms with Gasteiger partial charge in [0.25, 0.3) is 0 Å². The van der Waals surface area contributed by atoms with E-state index in [1.807, 2.05) is 62.2 Å². The number of cyclic esters (lactones) is 1. The number of rotatable bonds is 16. The molecule has 4 N–H and O–H groups in total. The third-order valence-electron chi connectivity index (χ3n) is 15.2. The number of alkyl halides is 1. The molecule has 0 unspecified atom stereocenters. The van der Waals surface area contributed by atoms with Crippen LogP contribution in [0, 0.1) is 23.7 Å². The number of benzene rings is 1. The van der Waals surface area contributed by atoms with Gasteiger partial charge in [0.15, 0.2) is 12.1 Å². The van der Waals surface area contributed by atoms with Crippen molar-refractivity contribution in [1.29, 1.82) is 0 Å². The number of hydrogen-bond acceptors (Lipinski definition) is 17. The Balaban J connectivity index is 1.21. The van der Waals surface area contributed by atoms with E-state index in [0.29, 0.717) is 37.3 Å². The number of likely N-dealkylation sites (N-methyl/N-ethyl adjacent to an activating group) is 1. The molecule has 3 fully saturated rings. The van der Waals surface area contributed by atoms with Gasteiger partial charge in [-0.15, -0.1) is 5.10 Å². The molecule has 0 radical (unpaired) electrons. The Morgan fingerprint density at radius 3 is 2.41 bits per heavy atom. The highest BCUT2D eigenvalue weighted by Crippen LogP contribution is 2.39. The number of aliphatic hydroxyl groups is 3. The fourth-order valence-electron chi connectivity index (χ4n) is 10.6. The third-order valence-corrected chi connectivity index (χ3v) is 15.2. The van der Waals surface area contributed by atoms with E-state index in [9.17, 15) is 29.3 Å². The summed E-state index contributed by atoms with van der Waals surface area (Å²) in [5.41, 5.74) is 0.558. The van der Waals surface area contributed by atoms with E-state index >= 15 is 0 Å². The summed E-state index contributed by atoms with van der Waals surface area (Å²) in [7, 11) is 4.93. The summed E-state index contributed by atoms with van der Waals surface area (Å²) in [5, 5.41) is 52.5. The minimum atomic E-state index is -1.93. The van der Waals surface area contributed by atoms with E-state index < -0.39 is 102 Å². The molecule has 6 rings (SSSR count). The molecule has 3 aliphatic heterocycles. The molecule has 3 saturated heterocycles. The second-order valence-corrected chi connectivity index (χ2v) is 20.4. The van der Waals surface area contributed by atoms with Gasteiger partial charge in [-0.1, -0.05) is 68.4 Å². The van der Waals surface area contributed by atoms with Crippen LogP contribution in [0.2, 0.25) is 0 Å². The lowest BCUT2D eigenvalue weighted by Crippen LogP contribution is -2.60. The van der Waals surface area contributed by atoms with Crippen LogP contribution in [0.15, 0.2) is 60.1 Å². The first-order chi connectivity index (χ1) is 33.8. The number of oxime groups is 1. The SMILES string of the molecule is CC[C@H]1OC(=O)[C@H](C)C(=O)[C@H](C)[C@@H](O[C@@H]2O[C@H](C)C[C@H](N(C)CCc3cn([C@H](CF)[C@H](OC)c4ccc(-c5cccnc5)cc4)nn3)[C@H]2O)[C@](C)(OC)C[C@@H](C)/C(=N\O[C@@H]2CCNC2)[C@H](C)[C@@H](O)[C@]1(C)O. The topological polar surface area (TPSA) is 221 Å². The lowest BCUT2D eigenvalue weighted by Gasteiger charge is -2.47. The molecule has 2 aromatic heterocycles. The lowest BCUT2D eigenvalue weighted by molar-refractivity contribution is -0.295. The van der Waals surface area contributed by atoms with Crippen molar-refractivity contribution in [2.45, 2.75) is 160 Å². The van der Waals surface area contributed by atoms with Crippen LogP contribution in [0.3, 0.4) is 0 Å². The Hall–Kier alpha value is -4.31. The molecule has 394 valence electrons. The molecule has 0 spiro atoms. The van der Waals surface area contributed by atoms with Gasteiger partial charge in [-0.2, -0.15) is 0 Å². The van der Waals surface area contributed by atoms with Gasteiger partial charge in [-0.05, 0) is 83.3 Å². The van der Waals surface area contributed by atoms with Gasteiger partial charge in [-0.3, -0.25) is 14.6 Å². The summed E-state index contributed by atoms with van der Waals surface area (Å²) >= 11 is 0. The van der Waals surface area contributed by atoms with Crippen LogP contribution in [0.25, 0.3) is 11.1 Å². The normalized spacial score (nSPS) is 35.0. The van der Waals surface area contributed by atoms with Gasteiger partial charge >= 0.3 is 5.97 Å². The van der Waals surface area contributed by atoms with Crippen molar-refractivity contribution < 1.29 is 57.8 Å². The van der Waals surface area contributed by atoms with E-state index in [4.69, 9.17) is 28.5 Å².